The molecule has 0 radical (unpaired) electrons. The van der Waals surface area contributed by atoms with Crippen molar-refractivity contribution in [1.82, 2.24) is 10.7 Å². The van der Waals surface area contributed by atoms with E-state index in [0.29, 0.717) is 16.3 Å². The van der Waals surface area contributed by atoms with Crippen molar-refractivity contribution in [1.29, 1.82) is 0 Å². The van der Waals surface area contributed by atoms with Crippen LogP contribution in [-0.4, -0.2) is 43.0 Å². The van der Waals surface area contributed by atoms with Gasteiger partial charge in [0, 0.05) is 28.1 Å². The molecule has 192 valence electrons. The minimum Gasteiger partial charge on any atom is -0.495 e. The third kappa shape index (κ3) is 5.68. The molecule has 0 bridgehead atoms. The molecule has 6 amide bonds. The second-order valence-corrected chi connectivity index (χ2v) is 8.31. The first-order valence-electron chi connectivity index (χ1n) is 11.1. The molecule has 0 aliphatic carbocycles. The maximum absolute atomic E-state index is 12.9. The number of amides is 6. The second-order valence-electron chi connectivity index (χ2n) is 7.88. The van der Waals surface area contributed by atoms with Gasteiger partial charge >= 0.3 is 6.03 Å². The number of methoxy groups -OCH3 is 1. The predicted octanol–water partition coefficient (Wildman–Crippen LogP) is 3.22. The van der Waals surface area contributed by atoms with Gasteiger partial charge in [0.1, 0.15) is 5.75 Å². The number of imide groups is 2. The van der Waals surface area contributed by atoms with Gasteiger partial charge in [-0.2, -0.15) is 5.10 Å². The molecule has 12 heteroatoms. The fraction of sp³-hybridized carbons (Fsp3) is 0.0769. The van der Waals surface area contributed by atoms with Crippen molar-refractivity contribution in [3.63, 3.8) is 0 Å². The second kappa shape index (κ2) is 11.4. The summed E-state index contributed by atoms with van der Waals surface area (Å²) in [6.45, 7) is 0. The van der Waals surface area contributed by atoms with Crippen molar-refractivity contribution >= 4 is 58.9 Å². The summed E-state index contributed by atoms with van der Waals surface area (Å²) in [5.74, 6) is -3.94. The lowest BCUT2D eigenvalue weighted by Crippen LogP contribution is -2.58. The summed E-state index contributed by atoms with van der Waals surface area (Å²) < 4.78 is 5.20. The molecule has 1 saturated heterocycles. The number of hydrogen-bond donors (Lipinski definition) is 3. The van der Waals surface area contributed by atoms with Crippen LogP contribution in [0.1, 0.15) is 20.7 Å². The molecule has 0 aromatic heterocycles. The van der Waals surface area contributed by atoms with Crippen molar-refractivity contribution in [2.24, 2.45) is 11.0 Å². The zero-order chi connectivity index (χ0) is 27.2. The van der Waals surface area contributed by atoms with Crippen LogP contribution in [0.25, 0.3) is 0 Å². The topological polar surface area (TPSA) is 146 Å². The number of para-hydroxylation sites is 2. The van der Waals surface area contributed by atoms with Gasteiger partial charge < -0.3 is 10.1 Å². The minimum atomic E-state index is -1.47. The lowest BCUT2D eigenvalue weighted by molar-refractivity contribution is -0.131. The maximum atomic E-state index is 12.9. The van der Waals surface area contributed by atoms with Crippen LogP contribution in [0.5, 0.6) is 5.75 Å². The van der Waals surface area contributed by atoms with Crippen molar-refractivity contribution in [2.75, 3.05) is 17.3 Å². The molecule has 1 aliphatic rings. The number of halogens is 1. The van der Waals surface area contributed by atoms with Crippen LogP contribution in [0, 0.1) is 5.92 Å². The van der Waals surface area contributed by atoms with Crippen LogP contribution >= 0.6 is 11.6 Å². The molecule has 3 N–H and O–H groups in total. The molecule has 0 unspecified atom stereocenters. The average Bonchev–Trinajstić information content (AvgIpc) is 2.91. The molecule has 3 aromatic rings. The van der Waals surface area contributed by atoms with Gasteiger partial charge in [0.25, 0.3) is 17.7 Å². The number of rotatable bonds is 7. The van der Waals surface area contributed by atoms with Gasteiger partial charge in [-0.25, -0.2) is 15.1 Å². The van der Waals surface area contributed by atoms with Crippen molar-refractivity contribution in [2.45, 2.75) is 0 Å². The van der Waals surface area contributed by atoms with E-state index in [1.54, 1.807) is 42.5 Å². The Kier molecular flexibility index (Phi) is 7.78. The zero-order valence-electron chi connectivity index (χ0n) is 19.8. The predicted molar refractivity (Wildman–Crippen MR) is 139 cm³/mol. The van der Waals surface area contributed by atoms with Gasteiger partial charge in [0.05, 0.1) is 12.8 Å². The highest BCUT2D eigenvalue weighted by Gasteiger charge is 2.41. The molecule has 38 heavy (non-hydrogen) atoms. The third-order valence-electron chi connectivity index (χ3n) is 5.43. The summed E-state index contributed by atoms with van der Waals surface area (Å²) in [5, 5.41) is 9.03. The van der Waals surface area contributed by atoms with Crippen LogP contribution in [-0.2, 0) is 9.59 Å². The van der Waals surface area contributed by atoms with E-state index in [1.165, 1.54) is 37.4 Å². The monoisotopic (exact) mass is 533 g/mol. The summed E-state index contributed by atoms with van der Waals surface area (Å²) in [6.07, 6.45) is 0.936. The molecule has 3 aromatic carbocycles. The molecule has 11 nitrogen and oxygen atoms in total. The van der Waals surface area contributed by atoms with Crippen LogP contribution in [0.15, 0.2) is 77.9 Å². The van der Waals surface area contributed by atoms with Gasteiger partial charge in [-0.3, -0.25) is 24.5 Å². The molecular weight excluding hydrogens is 514 g/mol. The summed E-state index contributed by atoms with van der Waals surface area (Å²) in [6, 6.07) is 17.7. The summed E-state index contributed by atoms with van der Waals surface area (Å²) in [5.41, 5.74) is 3.46. The number of benzene rings is 3. The number of hydrogen-bond acceptors (Lipinski definition) is 7. The maximum Gasteiger partial charge on any atom is 0.335 e. The SMILES string of the molecule is COc1ccccc1N1C(=O)NC(=O)[C@H](/C=N\NC(=O)c2ccc(NC(=O)c3ccc(Cl)cc3)cc2)C1=O. The first-order valence-corrected chi connectivity index (χ1v) is 11.5. The Labute approximate surface area is 221 Å². The highest BCUT2D eigenvalue weighted by Crippen LogP contribution is 2.30. The number of carbonyl (C=O) groups is 5. The van der Waals surface area contributed by atoms with E-state index in [1.807, 2.05) is 0 Å². The van der Waals surface area contributed by atoms with Crippen molar-refractivity contribution in [3.05, 3.63) is 88.9 Å². The van der Waals surface area contributed by atoms with Crippen molar-refractivity contribution in [3.8, 4) is 5.75 Å². The summed E-state index contributed by atoms with van der Waals surface area (Å²) in [7, 11) is 1.38. The Bertz CT molecular complexity index is 1440. The van der Waals surface area contributed by atoms with E-state index in [-0.39, 0.29) is 22.9 Å². The Balaban J connectivity index is 1.39. The Hall–Kier alpha value is -5.03. The highest BCUT2D eigenvalue weighted by atomic mass is 35.5. The Morgan fingerprint density at radius 2 is 1.58 bits per heavy atom. The fourth-order valence-electron chi connectivity index (χ4n) is 3.51. The largest absolute Gasteiger partial charge is 0.495 e. The average molecular weight is 534 g/mol. The summed E-state index contributed by atoms with van der Waals surface area (Å²) >= 11 is 5.83. The first kappa shape index (κ1) is 26.0. The highest BCUT2D eigenvalue weighted by molar-refractivity contribution is 6.33. The fourth-order valence-corrected chi connectivity index (χ4v) is 3.63. The number of ether oxygens (including phenoxy) is 1. The van der Waals surface area contributed by atoms with Gasteiger partial charge in [-0.05, 0) is 60.7 Å². The number of hydrazone groups is 1. The van der Waals surface area contributed by atoms with E-state index in [4.69, 9.17) is 16.3 Å². The van der Waals surface area contributed by atoms with E-state index >= 15 is 0 Å². The number of carbonyl (C=O) groups excluding carboxylic acids is 5. The molecule has 0 saturated carbocycles. The molecule has 1 aliphatic heterocycles. The van der Waals surface area contributed by atoms with E-state index in [9.17, 15) is 24.0 Å². The van der Waals surface area contributed by atoms with E-state index in [2.05, 4.69) is 21.2 Å². The molecule has 1 fully saturated rings. The quantitative estimate of drug-likeness (QED) is 0.241. The molecular formula is C26H20ClN5O6. The first-order chi connectivity index (χ1) is 18.3. The Morgan fingerprint density at radius 3 is 2.26 bits per heavy atom. The number of nitrogens with zero attached hydrogens (tertiary/aromatic N) is 2. The summed E-state index contributed by atoms with van der Waals surface area (Å²) in [4.78, 5) is 63.1. The number of urea groups is 1. The van der Waals surface area contributed by atoms with Gasteiger partial charge in [0.2, 0.25) is 5.91 Å². The van der Waals surface area contributed by atoms with Gasteiger partial charge in [-0.1, -0.05) is 23.7 Å². The van der Waals surface area contributed by atoms with Gasteiger partial charge in [0.15, 0.2) is 5.92 Å². The molecule has 4 rings (SSSR count). The van der Waals surface area contributed by atoms with E-state index < -0.39 is 29.7 Å². The Morgan fingerprint density at radius 1 is 0.947 bits per heavy atom. The number of barbiturate groups is 1. The van der Waals surface area contributed by atoms with E-state index in [0.717, 1.165) is 11.1 Å². The molecule has 1 heterocycles. The van der Waals surface area contributed by atoms with Crippen LogP contribution in [0.3, 0.4) is 0 Å². The van der Waals surface area contributed by atoms with Crippen LogP contribution in [0.2, 0.25) is 5.02 Å². The van der Waals surface area contributed by atoms with Crippen molar-refractivity contribution < 1.29 is 28.7 Å². The third-order valence-corrected chi connectivity index (χ3v) is 5.68. The number of nitrogens with one attached hydrogen (secondary N) is 3. The molecule has 0 spiro atoms. The standard InChI is InChI=1S/C26H20ClN5O6/c1-38-21-5-3-2-4-20(21)32-25(36)19(24(35)30-26(32)37)14-28-31-23(34)16-8-12-18(13-9-16)29-22(33)15-6-10-17(27)11-7-15/h2-14,19H,1H3,(H,29,33)(H,31,34)(H,30,35,37)/b28-14-/t19-/m0/s1. The van der Waals surface area contributed by atoms with Crippen LogP contribution < -0.4 is 25.7 Å². The zero-order valence-corrected chi connectivity index (χ0v) is 20.6. The smallest absolute Gasteiger partial charge is 0.335 e. The minimum absolute atomic E-state index is 0.149. The number of anilines is 2. The lowest BCUT2D eigenvalue weighted by atomic mass is 10.1. The van der Waals surface area contributed by atoms with Crippen LogP contribution in [0.4, 0.5) is 16.2 Å². The lowest BCUT2D eigenvalue weighted by Gasteiger charge is -2.29. The molecule has 1 atom stereocenters. The van der Waals surface area contributed by atoms with Gasteiger partial charge in [-0.15, -0.1) is 0 Å². The normalized spacial score (nSPS) is 15.3.